The van der Waals surface area contributed by atoms with Crippen molar-refractivity contribution in [3.63, 3.8) is 0 Å². The molecule has 1 aliphatic rings. The van der Waals surface area contributed by atoms with E-state index in [1.807, 2.05) is 32.0 Å². The number of fused-ring (bicyclic) bond motifs is 1. The molecule has 27 heavy (non-hydrogen) atoms. The number of rotatable bonds is 4. The van der Waals surface area contributed by atoms with Gasteiger partial charge in [-0.05, 0) is 38.7 Å². The van der Waals surface area contributed by atoms with Crippen LogP contribution in [0.4, 0.5) is 0 Å². The smallest absolute Gasteiger partial charge is 0.258 e. The van der Waals surface area contributed by atoms with Crippen molar-refractivity contribution < 1.29 is 4.74 Å². The SMILES string of the molecule is Cc1cc2c(c(=O)n1CCN(C)C)C(c1cccc(Cl)c1)C(C#N)=C(N)O2. The van der Waals surface area contributed by atoms with Gasteiger partial charge in [-0.25, -0.2) is 0 Å². The van der Waals surface area contributed by atoms with Gasteiger partial charge < -0.3 is 19.9 Å². The van der Waals surface area contributed by atoms with Gasteiger partial charge in [0.25, 0.3) is 5.56 Å². The summed E-state index contributed by atoms with van der Waals surface area (Å²) >= 11 is 6.15. The molecular weight excluding hydrogens is 364 g/mol. The molecule has 1 aromatic carbocycles. The highest BCUT2D eigenvalue weighted by molar-refractivity contribution is 6.30. The number of allylic oxidation sites excluding steroid dienone is 1. The lowest BCUT2D eigenvalue weighted by Gasteiger charge is -2.27. The minimum Gasteiger partial charge on any atom is -0.440 e. The van der Waals surface area contributed by atoms with Crippen molar-refractivity contribution in [3.05, 3.63) is 74.0 Å². The predicted octanol–water partition coefficient (Wildman–Crippen LogP) is 2.59. The Balaban J connectivity index is 2.24. The molecule has 1 aromatic heterocycles. The van der Waals surface area contributed by atoms with Crippen LogP contribution in [0.5, 0.6) is 5.75 Å². The van der Waals surface area contributed by atoms with Gasteiger partial charge in [0.1, 0.15) is 17.4 Å². The van der Waals surface area contributed by atoms with E-state index in [1.54, 1.807) is 28.8 Å². The third-order valence-electron chi connectivity index (χ3n) is 4.64. The van der Waals surface area contributed by atoms with Crippen molar-refractivity contribution in [1.82, 2.24) is 9.47 Å². The molecule has 1 aliphatic heterocycles. The number of hydrogen-bond acceptors (Lipinski definition) is 5. The second kappa shape index (κ2) is 7.47. The lowest BCUT2D eigenvalue weighted by molar-refractivity contribution is 0.369. The molecule has 0 spiro atoms. The predicted molar refractivity (Wildman–Crippen MR) is 105 cm³/mol. The van der Waals surface area contributed by atoms with Gasteiger partial charge in [0.15, 0.2) is 0 Å². The van der Waals surface area contributed by atoms with Crippen molar-refractivity contribution in [3.8, 4) is 11.8 Å². The fourth-order valence-electron chi connectivity index (χ4n) is 3.28. The fraction of sp³-hybridized carbons (Fsp3) is 0.300. The number of ether oxygens (including phenoxy) is 1. The molecule has 7 heteroatoms. The molecule has 0 bridgehead atoms. The summed E-state index contributed by atoms with van der Waals surface area (Å²) in [4.78, 5) is 15.4. The van der Waals surface area contributed by atoms with Crippen LogP contribution in [-0.2, 0) is 6.54 Å². The van der Waals surface area contributed by atoms with E-state index >= 15 is 0 Å². The molecule has 0 saturated carbocycles. The first kappa shape index (κ1) is 19.0. The van der Waals surface area contributed by atoms with E-state index in [-0.39, 0.29) is 17.0 Å². The van der Waals surface area contributed by atoms with Crippen LogP contribution in [0.1, 0.15) is 22.7 Å². The maximum atomic E-state index is 13.3. The highest BCUT2D eigenvalue weighted by atomic mass is 35.5. The summed E-state index contributed by atoms with van der Waals surface area (Å²) < 4.78 is 7.34. The topological polar surface area (TPSA) is 84.3 Å². The first-order valence-electron chi connectivity index (χ1n) is 8.55. The second-order valence-corrected chi connectivity index (χ2v) is 7.24. The third kappa shape index (κ3) is 3.57. The standard InChI is InChI=1S/C20H21ClN4O2/c1-12-9-16-18(20(26)25(12)8-7-24(2)3)17(15(11-22)19(23)27-16)13-5-4-6-14(21)10-13/h4-6,9-10,17H,7-8,23H2,1-3H3. The second-order valence-electron chi connectivity index (χ2n) is 6.80. The van der Waals surface area contributed by atoms with Crippen LogP contribution in [0.15, 0.2) is 46.6 Å². The Hall–Kier alpha value is -2.75. The maximum Gasteiger partial charge on any atom is 0.258 e. The summed E-state index contributed by atoms with van der Waals surface area (Å²) in [5.41, 5.74) is 7.94. The van der Waals surface area contributed by atoms with Gasteiger partial charge in [-0.2, -0.15) is 5.26 Å². The Morgan fingerprint density at radius 2 is 2.11 bits per heavy atom. The number of halogens is 1. The number of benzene rings is 1. The van der Waals surface area contributed by atoms with Gasteiger partial charge in [0, 0.05) is 29.9 Å². The molecule has 2 heterocycles. The van der Waals surface area contributed by atoms with Gasteiger partial charge >= 0.3 is 0 Å². The summed E-state index contributed by atoms with van der Waals surface area (Å²) in [6, 6.07) is 11.0. The third-order valence-corrected chi connectivity index (χ3v) is 4.88. The monoisotopic (exact) mass is 384 g/mol. The van der Waals surface area contributed by atoms with Crippen molar-refractivity contribution in [2.75, 3.05) is 20.6 Å². The van der Waals surface area contributed by atoms with Crippen molar-refractivity contribution >= 4 is 11.6 Å². The number of aromatic nitrogens is 1. The lowest BCUT2D eigenvalue weighted by Crippen LogP contribution is -2.34. The van der Waals surface area contributed by atoms with Crippen molar-refractivity contribution in [2.24, 2.45) is 5.73 Å². The highest BCUT2D eigenvalue weighted by Crippen LogP contribution is 2.40. The normalized spacial score (nSPS) is 16.1. The zero-order valence-electron chi connectivity index (χ0n) is 15.5. The van der Waals surface area contributed by atoms with Gasteiger partial charge in [0.05, 0.1) is 11.5 Å². The van der Waals surface area contributed by atoms with Crippen LogP contribution in [-0.4, -0.2) is 30.1 Å². The number of aryl methyl sites for hydroxylation is 1. The summed E-state index contributed by atoms with van der Waals surface area (Å²) in [7, 11) is 3.90. The molecule has 140 valence electrons. The Morgan fingerprint density at radius 3 is 2.74 bits per heavy atom. The molecule has 2 N–H and O–H groups in total. The average molecular weight is 385 g/mol. The van der Waals surface area contributed by atoms with Crippen LogP contribution in [0.3, 0.4) is 0 Å². The van der Waals surface area contributed by atoms with E-state index in [0.29, 0.717) is 29.4 Å². The van der Waals surface area contributed by atoms with Gasteiger partial charge in [-0.1, -0.05) is 23.7 Å². The quantitative estimate of drug-likeness (QED) is 0.875. The number of nitriles is 1. The van der Waals surface area contributed by atoms with Gasteiger partial charge in [-0.3, -0.25) is 4.79 Å². The van der Waals surface area contributed by atoms with Crippen molar-refractivity contribution in [2.45, 2.75) is 19.4 Å². The van der Waals surface area contributed by atoms with Gasteiger partial charge in [-0.15, -0.1) is 0 Å². The Kier molecular flexibility index (Phi) is 5.26. The van der Waals surface area contributed by atoms with E-state index in [9.17, 15) is 10.1 Å². The Labute approximate surface area is 163 Å². The Morgan fingerprint density at radius 1 is 1.37 bits per heavy atom. The number of nitrogens with two attached hydrogens (primary N) is 1. The summed E-state index contributed by atoms with van der Waals surface area (Å²) in [6.45, 7) is 3.11. The molecular formula is C20H21ClN4O2. The minimum atomic E-state index is -0.615. The zero-order valence-corrected chi connectivity index (χ0v) is 16.2. The van der Waals surface area contributed by atoms with Crippen LogP contribution in [0.25, 0.3) is 0 Å². The number of nitrogens with zero attached hydrogens (tertiary/aromatic N) is 3. The maximum absolute atomic E-state index is 13.3. The molecule has 6 nitrogen and oxygen atoms in total. The summed E-state index contributed by atoms with van der Waals surface area (Å²) in [5.74, 6) is -0.212. The first-order chi connectivity index (χ1) is 12.8. The van der Waals surface area contributed by atoms with Crippen molar-refractivity contribution in [1.29, 1.82) is 5.26 Å². The van der Waals surface area contributed by atoms with Crippen LogP contribution in [0, 0.1) is 18.3 Å². The largest absolute Gasteiger partial charge is 0.440 e. The first-order valence-corrected chi connectivity index (χ1v) is 8.93. The minimum absolute atomic E-state index is 0.0137. The lowest BCUT2D eigenvalue weighted by atomic mass is 9.84. The Bertz CT molecular complexity index is 1020. The molecule has 3 rings (SSSR count). The molecule has 0 fully saturated rings. The molecule has 1 atom stereocenters. The van der Waals surface area contributed by atoms with E-state index in [1.165, 1.54) is 0 Å². The molecule has 2 aromatic rings. The van der Waals surface area contributed by atoms with E-state index in [4.69, 9.17) is 22.1 Å². The molecule has 1 unspecified atom stereocenters. The van der Waals surface area contributed by atoms with Crippen LogP contribution in [0.2, 0.25) is 5.02 Å². The molecule has 0 aliphatic carbocycles. The van der Waals surface area contributed by atoms with E-state index in [2.05, 4.69) is 6.07 Å². The highest BCUT2D eigenvalue weighted by Gasteiger charge is 2.34. The van der Waals surface area contributed by atoms with Crippen LogP contribution < -0.4 is 16.0 Å². The number of hydrogen-bond donors (Lipinski definition) is 1. The van der Waals surface area contributed by atoms with Gasteiger partial charge in [0.2, 0.25) is 5.88 Å². The van der Waals surface area contributed by atoms with Crippen LogP contribution >= 0.6 is 11.6 Å². The van der Waals surface area contributed by atoms with E-state index < -0.39 is 5.92 Å². The fourth-order valence-corrected chi connectivity index (χ4v) is 3.48. The zero-order chi connectivity index (χ0) is 19.7. The molecule has 0 radical (unpaired) electrons. The molecule has 0 saturated heterocycles. The average Bonchev–Trinajstić information content (AvgIpc) is 2.60. The van der Waals surface area contributed by atoms with E-state index in [0.717, 1.165) is 11.3 Å². The summed E-state index contributed by atoms with van der Waals surface area (Å²) in [6.07, 6.45) is 0. The number of pyridine rings is 1. The molecule has 0 amide bonds. The summed E-state index contributed by atoms with van der Waals surface area (Å²) in [5, 5.41) is 10.2. The number of likely N-dealkylation sites (N-methyl/N-ethyl adjacent to an activating group) is 1.